The highest BCUT2D eigenvalue weighted by atomic mass is 19.2. The Bertz CT molecular complexity index is 682. The van der Waals surface area contributed by atoms with E-state index in [1.807, 2.05) is 0 Å². The molecule has 1 N–H and O–H groups in total. The van der Waals surface area contributed by atoms with E-state index < -0.39 is 11.6 Å². The van der Waals surface area contributed by atoms with E-state index in [1.165, 1.54) is 20.3 Å². The average Bonchev–Trinajstić information content (AvgIpc) is 2.57. The van der Waals surface area contributed by atoms with Gasteiger partial charge in [0.05, 0.1) is 14.2 Å². The molecular formula is C17H17F2NO3. The predicted molar refractivity (Wildman–Crippen MR) is 81.9 cm³/mol. The Kier molecular flexibility index (Phi) is 5.51. The first-order chi connectivity index (χ1) is 11.0. The van der Waals surface area contributed by atoms with Crippen LogP contribution in [0.15, 0.2) is 36.4 Å². The SMILES string of the molecule is COc1cc(OC)cc(C(=O)NCCc2ccc(F)c(F)c2)c1. The molecule has 0 atom stereocenters. The van der Waals surface area contributed by atoms with Crippen LogP contribution in [0.4, 0.5) is 8.78 Å². The number of rotatable bonds is 6. The number of benzene rings is 2. The van der Waals surface area contributed by atoms with Crippen molar-refractivity contribution in [3.8, 4) is 11.5 Å². The van der Waals surface area contributed by atoms with E-state index in [1.54, 1.807) is 18.2 Å². The summed E-state index contributed by atoms with van der Waals surface area (Å²) in [6, 6.07) is 8.53. The number of hydrogen-bond acceptors (Lipinski definition) is 3. The van der Waals surface area contributed by atoms with Gasteiger partial charge in [-0.25, -0.2) is 8.78 Å². The van der Waals surface area contributed by atoms with Crippen molar-refractivity contribution in [3.63, 3.8) is 0 Å². The molecule has 0 aromatic heterocycles. The summed E-state index contributed by atoms with van der Waals surface area (Å²) in [5.74, 6) is -1.07. The summed E-state index contributed by atoms with van der Waals surface area (Å²) in [5.41, 5.74) is 0.999. The summed E-state index contributed by atoms with van der Waals surface area (Å²) >= 11 is 0. The fraction of sp³-hybridized carbons (Fsp3) is 0.235. The molecule has 0 saturated carbocycles. The number of nitrogens with one attached hydrogen (secondary N) is 1. The first-order valence-electron chi connectivity index (χ1n) is 6.98. The zero-order valence-corrected chi connectivity index (χ0v) is 12.9. The van der Waals surface area contributed by atoms with Crippen molar-refractivity contribution >= 4 is 5.91 Å². The van der Waals surface area contributed by atoms with Gasteiger partial charge in [0.2, 0.25) is 0 Å². The Hall–Kier alpha value is -2.63. The summed E-state index contributed by atoms with van der Waals surface area (Å²) in [4.78, 5) is 12.1. The van der Waals surface area contributed by atoms with Gasteiger partial charge in [-0.2, -0.15) is 0 Å². The number of carbonyl (C=O) groups excluding carboxylic acids is 1. The molecule has 0 spiro atoms. The van der Waals surface area contributed by atoms with Crippen LogP contribution >= 0.6 is 0 Å². The fourth-order valence-electron chi connectivity index (χ4n) is 2.06. The lowest BCUT2D eigenvalue weighted by Crippen LogP contribution is -2.25. The van der Waals surface area contributed by atoms with Gasteiger partial charge in [-0.05, 0) is 36.2 Å². The minimum atomic E-state index is -0.897. The monoisotopic (exact) mass is 321 g/mol. The molecule has 1 amide bonds. The maximum atomic E-state index is 13.1. The minimum Gasteiger partial charge on any atom is -0.497 e. The van der Waals surface area contributed by atoms with Crippen molar-refractivity contribution in [1.29, 1.82) is 0 Å². The lowest BCUT2D eigenvalue weighted by Gasteiger charge is -2.09. The van der Waals surface area contributed by atoms with E-state index in [-0.39, 0.29) is 5.91 Å². The number of amides is 1. The second kappa shape index (κ2) is 7.58. The molecule has 122 valence electrons. The van der Waals surface area contributed by atoms with Crippen LogP contribution in [0.2, 0.25) is 0 Å². The molecule has 0 aliphatic heterocycles. The Morgan fingerprint density at radius 3 is 2.22 bits per heavy atom. The molecular weight excluding hydrogens is 304 g/mol. The molecule has 0 aliphatic carbocycles. The van der Waals surface area contributed by atoms with Crippen molar-refractivity contribution in [1.82, 2.24) is 5.32 Å². The molecule has 0 saturated heterocycles. The number of halogens is 2. The van der Waals surface area contributed by atoms with Crippen LogP contribution in [0.1, 0.15) is 15.9 Å². The molecule has 0 aliphatic rings. The number of carbonyl (C=O) groups is 1. The topological polar surface area (TPSA) is 47.6 Å². The van der Waals surface area contributed by atoms with Crippen molar-refractivity contribution in [2.45, 2.75) is 6.42 Å². The highest BCUT2D eigenvalue weighted by Gasteiger charge is 2.10. The normalized spacial score (nSPS) is 10.3. The fourth-order valence-corrected chi connectivity index (χ4v) is 2.06. The molecule has 2 rings (SSSR count). The minimum absolute atomic E-state index is 0.295. The lowest BCUT2D eigenvalue weighted by atomic mass is 10.1. The maximum Gasteiger partial charge on any atom is 0.251 e. The number of ether oxygens (including phenoxy) is 2. The molecule has 4 nitrogen and oxygen atoms in total. The zero-order valence-electron chi connectivity index (χ0n) is 12.9. The molecule has 0 bridgehead atoms. The lowest BCUT2D eigenvalue weighted by molar-refractivity contribution is 0.0953. The predicted octanol–water partition coefficient (Wildman–Crippen LogP) is 2.95. The first-order valence-corrected chi connectivity index (χ1v) is 6.98. The summed E-state index contributed by atoms with van der Waals surface area (Å²) in [5, 5.41) is 2.72. The van der Waals surface area contributed by atoms with Crippen LogP contribution in [0, 0.1) is 11.6 Å². The van der Waals surface area contributed by atoms with Crippen molar-refractivity contribution < 1.29 is 23.0 Å². The quantitative estimate of drug-likeness (QED) is 0.890. The summed E-state index contributed by atoms with van der Waals surface area (Å²) < 4.78 is 36.2. The average molecular weight is 321 g/mol. The summed E-state index contributed by atoms with van der Waals surface area (Å²) in [7, 11) is 3.00. The van der Waals surface area contributed by atoms with Crippen LogP contribution in [0.25, 0.3) is 0 Å². The van der Waals surface area contributed by atoms with Crippen LogP contribution in [-0.4, -0.2) is 26.7 Å². The molecule has 2 aromatic rings. The van der Waals surface area contributed by atoms with Gasteiger partial charge in [-0.3, -0.25) is 4.79 Å². The van der Waals surface area contributed by atoms with Crippen molar-refractivity contribution in [3.05, 3.63) is 59.2 Å². The molecule has 0 radical (unpaired) electrons. The largest absolute Gasteiger partial charge is 0.497 e. The smallest absolute Gasteiger partial charge is 0.251 e. The molecule has 0 heterocycles. The third-order valence-electron chi connectivity index (χ3n) is 3.30. The van der Waals surface area contributed by atoms with Crippen molar-refractivity contribution in [2.75, 3.05) is 20.8 Å². The number of methoxy groups -OCH3 is 2. The van der Waals surface area contributed by atoms with E-state index in [2.05, 4.69) is 5.32 Å². The molecule has 2 aromatic carbocycles. The van der Waals surface area contributed by atoms with Gasteiger partial charge in [-0.1, -0.05) is 6.07 Å². The Balaban J connectivity index is 1.98. The summed E-state index contributed by atoms with van der Waals surface area (Å²) in [6.07, 6.45) is 0.393. The van der Waals surface area contributed by atoms with Crippen LogP contribution in [0.5, 0.6) is 11.5 Å². The second-order valence-corrected chi connectivity index (χ2v) is 4.86. The van der Waals surface area contributed by atoms with Gasteiger partial charge in [0.25, 0.3) is 5.91 Å². The highest BCUT2D eigenvalue weighted by molar-refractivity contribution is 5.95. The van der Waals surface area contributed by atoms with E-state index in [4.69, 9.17) is 9.47 Å². The van der Waals surface area contributed by atoms with Gasteiger partial charge in [0, 0.05) is 18.2 Å². The molecule has 23 heavy (non-hydrogen) atoms. The van der Waals surface area contributed by atoms with Gasteiger partial charge < -0.3 is 14.8 Å². The molecule has 0 fully saturated rings. The van der Waals surface area contributed by atoms with Gasteiger partial charge in [-0.15, -0.1) is 0 Å². The standard InChI is InChI=1S/C17H17F2NO3/c1-22-13-8-12(9-14(10-13)23-2)17(21)20-6-5-11-3-4-15(18)16(19)7-11/h3-4,7-10H,5-6H2,1-2H3,(H,20,21). The second-order valence-electron chi connectivity index (χ2n) is 4.86. The third kappa shape index (κ3) is 4.42. The van der Waals surface area contributed by atoms with Gasteiger partial charge >= 0.3 is 0 Å². The number of hydrogen-bond donors (Lipinski definition) is 1. The van der Waals surface area contributed by atoms with E-state index in [0.717, 1.165) is 12.1 Å². The Morgan fingerprint density at radius 1 is 1.00 bits per heavy atom. The van der Waals surface area contributed by atoms with Crippen LogP contribution in [-0.2, 0) is 6.42 Å². The van der Waals surface area contributed by atoms with Crippen LogP contribution < -0.4 is 14.8 Å². The summed E-state index contributed by atoms with van der Waals surface area (Å²) in [6.45, 7) is 0.295. The molecule has 0 unspecified atom stereocenters. The highest BCUT2D eigenvalue weighted by Crippen LogP contribution is 2.22. The zero-order chi connectivity index (χ0) is 16.8. The Morgan fingerprint density at radius 2 is 1.65 bits per heavy atom. The first kappa shape index (κ1) is 16.7. The van der Waals surface area contributed by atoms with Crippen molar-refractivity contribution in [2.24, 2.45) is 0 Å². The Labute approximate surface area is 133 Å². The van der Waals surface area contributed by atoms with Gasteiger partial charge in [0.15, 0.2) is 11.6 Å². The van der Waals surface area contributed by atoms with E-state index >= 15 is 0 Å². The van der Waals surface area contributed by atoms with E-state index in [0.29, 0.717) is 35.6 Å². The maximum absolute atomic E-state index is 13.1. The molecule has 6 heteroatoms. The van der Waals surface area contributed by atoms with E-state index in [9.17, 15) is 13.6 Å². The van der Waals surface area contributed by atoms with Crippen LogP contribution in [0.3, 0.4) is 0 Å². The van der Waals surface area contributed by atoms with Gasteiger partial charge in [0.1, 0.15) is 11.5 Å². The third-order valence-corrected chi connectivity index (χ3v) is 3.30.